The molecule has 0 radical (unpaired) electrons. The normalized spacial score (nSPS) is 25.2. The lowest BCUT2D eigenvalue weighted by Crippen LogP contribution is -2.49. The number of allylic oxidation sites excluding steroid dienone is 2. The van der Waals surface area contributed by atoms with Crippen LogP contribution in [0, 0.1) is 5.92 Å². The summed E-state index contributed by atoms with van der Waals surface area (Å²) in [6.07, 6.45) is 6.35. The van der Waals surface area contributed by atoms with Gasteiger partial charge in [-0.15, -0.1) is 0 Å². The molecule has 2 aliphatic rings. The SMILES string of the molecule is CCCN(C)C[C@@H]1Oc2cc(C3=CCCC3)ccc2S(=O)(=O)N([C@@H](C)CO)C[C@@H]1C. The number of likely N-dealkylation sites (N-methyl/N-ethyl adjacent to an activating group) is 1. The molecule has 0 bridgehead atoms. The summed E-state index contributed by atoms with van der Waals surface area (Å²) < 4.78 is 34.9. The smallest absolute Gasteiger partial charge is 0.247 e. The van der Waals surface area contributed by atoms with Crippen molar-refractivity contribution in [2.24, 2.45) is 5.92 Å². The third-order valence-electron chi connectivity index (χ3n) is 6.18. The second-order valence-electron chi connectivity index (χ2n) is 8.79. The molecule has 0 unspecified atom stereocenters. The average Bonchev–Trinajstić information content (AvgIpc) is 3.25. The first kappa shape index (κ1) is 23.3. The quantitative estimate of drug-likeness (QED) is 0.710. The van der Waals surface area contributed by atoms with Gasteiger partial charge in [0, 0.05) is 25.0 Å². The van der Waals surface area contributed by atoms with Crippen molar-refractivity contribution in [1.82, 2.24) is 9.21 Å². The Labute approximate surface area is 181 Å². The van der Waals surface area contributed by atoms with Gasteiger partial charge in [0.1, 0.15) is 16.7 Å². The summed E-state index contributed by atoms with van der Waals surface area (Å²) in [7, 11) is -1.70. The maximum atomic E-state index is 13.5. The average molecular weight is 437 g/mol. The third kappa shape index (κ3) is 4.90. The number of hydrogen-bond acceptors (Lipinski definition) is 5. The van der Waals surface area contributed by atoms with E-state index < -0.39 is 16.1 Å². The second-order valence-corrected chi connectivity index (χ2v) is 10.6. The van der Waals surface area contributed by atoms with Crippen molar-refractivity contribution in [2.75, 3.05) is 33.3 Å². The first-order chi connectivity index (χ1) is 14.3. The first-order valence-corrected chi connectivity index (χ1v) is 12.5. The molecule has 0 spiro atoms. The van der Waals surface area contributed by atoms with Crippen molar-refractivity contribution in [3.63, 3.8) is 0 Å². The Morgan fingerprint density at radius 3 is 2.77 bits per heavy atom. The van der Waals surface area contributed by atoms with Gasteiger partial charge in [0.05, 0.1) is 6.61 Å². The van der Waals surface area contributed by atoms with E-state index in [0.717, 1.165) is 44.3 Å². The van der Waals surface area contributed by atoms with Gasteiger partial charge in [0.15, 0.2) is 0 Å². The Kier molecular flexibility index (Phi) is 7.61. The van der Waals surface area contributed by atoms with Gasteiger partial charge in [-0.05, 0) is 69.5 Å². The number of benzene rings is 1. The van der Waals surface area contributed by atoms with E-state index >= 15 is 0 Å². The highest BCUT2D eigenvalue weighted by atomic mass is 32.2. The van der Waals surface area contributed by atoms with Crippen LogP contribution in [-0.4, -0.2) is 68.2 Å². The van der Waals surface area contributed by atoms with E-state index in [1.807, 2.05) is 19.1 Å². The summed E-state index contributed by atoms with van der Waals surface area (Å²) in [5.74, 6) is 0.410. The number of fused-ring (bicyclic) bond motifs is 1. The molecule has 7 heteroatoms. The maximum absolute atomic E-state index is 13.5. The van der Waals surface area contributed by atoms with E-state index in [2.05, 4.69) is 24.9 Å². The molecule has 0 saturated carbocycles. The zero-order valence-corrected chi connectivity index (χ0v) is 19.5. The molecule has 168 valence electrons. The molecule has 0 saturated heterocycles. The lowest BCUT2D eigenvalue weighted by Gasteiger charge is -2.37. The summed E-state index contributed by atoms with van der Waals surface area (Å²) in [5.41, 5.74) is 2.30. The maximum Gasteiger partial charge on any atom is 0.247 e. The first-order valence-electron chi connectivity index (χ1n) is 11.1. The highest BCUT2D eigenvalue weighted by molar-refractivity contribution is 7.89. The van der Waals surface area contributed by atoms with E-state index in [1.165, 1.54) is 9.88 Å². The van der Waals surface area contributed by atoms with Crippen molar-refractivity contribution < 1.29 is 18.3 Å². The summed E-state index contributed by atoms with van der Waals surface area (Å²) >= 11 is 0. The van der Waals surface area contributed by atoms with Crippen LogP contribution in [0.5, 0.6) is 5.75 Å². The fourth-order valence-electron chi connectivity index (χ4n) is 4.36. The van der Waals surface area contributed by atoms with Crippen LogP contribution in [0.25, 0.3) is 5.57 Å². The van der Waals surface area contributed by atoms with Gasteiger partial charge in [-0.25, -0.2) is 8.42 Å². The van der Waals surface area contributed by atoms with Crippen LogP contribution in [0.3, 0.4) is 0 Å². The number of ether oxygens (including phenoxy) is 1. The number of aliphatic hydroxyl groups excluding tert-OH is 1. The summed E-state index contributed by atoms with van der Waals surface area (Å²) in [5, 5.41) is 9.73. The van der Waals surface area contributed by atoms with Crippen LogP contribution < -0.4 is 4.74 Å². The molecule has 1 aliphatic heterocycles. The van der Waals surface area contributed by atoms with Crippen molar-refractivity contribution >= 4 is 15.6 Å². The van der Waals surface area contributed by atoms with Crippen LogP contribution in [0.2, 0.25) is 0 Å². The minimum Gasteiger partial charge on any atom is -0.487 e. The highest BCUT2D eigenvalue weighted by Gasteiger charge is 2.38. The predicted molar refractivity (Wildman–Crippen MR) is 120 cm³/mol. The summed E-state index contributed by atoms with van der Waals surface area (Å²) in [6.45, 7) is 7.72. The Bertz CT molecular complexity index is 868. The van der Waals surface area contributed by atoms with E-state index in [1.54, 1.807) is 13.0 Å². The lowest BCUT2D eigenvalue weighted by molar-refractivity contribution is 0.0752. The van der Waals surface area contributed by atoms with Gasteiger partial charge < -0.3 is 14.7 Å². The fraction of sp³-hybridized carbons (Fsp3) is 0.652. The molecule has 30 heavy (non-hydrogen) atoms. The van der Waals surface area contributed by atoms with Gasteiger partial charge in [-0.2, -0.15) is 4.31 Å². The molecule has 3 rings (SSSR count). The van der Waals surface area contributed by atoms with E-state index in [4.69, 9.17) is 4.74 Å². The van der Waals surface area contributed by atoms with E-state index in [-0.39, 0.29) is 23.5 Å². The molecule has 0 aromatic heterocycles. The molecule has 3 atom stereocenters. The minimum absolute atomic E-state index is 0.0180. The Hall–Kier alpha value is -1.41. The van der Waals surface area contributed by atoms with Crippen LogP contribution in [0.1, 0.15) is 52.0 Å². The predicted octanol–water partition coefficient (Wildman–Crippen LogP) is 3.36. The molecule has 1 N–H and O–H groups in total. The molecule has 1 heterocycles. The fourth-order valence-corrected chi connectivity index (χ4v) is 6.18. The van der Waals surface area contributed by atoms with Crippen LogP contribution in [0.15, 0.2) is 29.2 Å². The minimum atomic E-state index is -3.77. The van der Waals surface area contributed by atoms with E-state index in [0.29, 0.717) is 12.3 Å². The number of nitrogens with zero attached hydrogens (tertiary/aromatic N) is 2. The monoisotopic (exact) mass is 436 g/mol. The molecule has 6 nitrogen and oxygen atoms in total. The van der Waals surface area contributed by atoms with Crippen LogP contribution in [-0.2, 0) is 10.0 Å². The van der Waals surface area contributed by atoms with Gasteiger partial charge in [0.25, 0.3) is 0 Å². The zero-order chi connectivity index (χ0) is 21.9. The Morgan fingerprint density at radius 1 is 1.37 bits per heavy atom. The number of rotatable bonds is 7. The zero-order valence-electron chi connectivity index (χ0n) is 18.7. The van der Waals surface area contributed by atoms with Crippen molar-refractivity contribution in [3.05, 3.63) is 29.8 Å². The summed E-state index contributed by atoms with van der Waals surface area (Å²) in [6, 6.07) is 4.98. The van der Waals surface area contributed by atoms with Gasteiger partial charge in [-0.3, -0.25) is 0 Å². The van der Waals surface area contributed by atoms with Crippen molar-refractivity contribution in [2.45, 2.75) is 63.5 Å². The van der Waals surface area contributed by atoms with Gasteiger partial charge in [0.2, 0.25) is 10.0 Å². The van der Waals surface area contributed by atoms with Crippen molar-refractivity contribution in [3.8, 4) is 5.75 Å². The Morgan fingerprint density at radius 2 is 2.13 bits per heavy atom. The second kappa shape index (κ2) is 9.81. The lowest BCUT2D eigenvalue weighted by atomic mass is 10.0. The van der Waals surface area contributed by atoms with Crippen LogP contribution >= 0.6 is 0 Å². The third-order valence-corrected chi connectivity index (χ3v) is 8.20. The van der Waals surface area contributed by atoms with Crippen molar-refractivity contribution in [1.29, 1.82) is 0 Å². The Balaban J connectivity index is 2.06. The molecular weight excluding hydrogens is 400 g/mol. The molecular formula is C23H36N2O4S. The summed E-state index contributed by atoms with van der Waals surface area (Å²) in [4.78, 5) is 2.43. The molecule has 1 aromatic rings. The highest BCUT2D eigenvalue weighted by Crippen LogP contribution is 2.37. The number of hydrogen-bond donors (Lipinski definition) is 1. The molecule has 0 fully saturated rings. The number of aliphatic hydroxyl groups is 1. The van der Waals surface area contributed by atoms with E-state index in [9.17, 15) is 13.5 Å². The van der Waals surface area contributed by atoms with Gasteiger partial charge in [-0.1, -0.05) is 26.0 Å². The molecule has 1 aliphatic carbocycles. The largest absolute Gasteiger partial charge is 0.487 e. The molecule has 1 aromatic carbocycles. The number of sulfonamides is 1. The standard InChI is InChI=1S/C23H36N2O4S/c1-5-12-24(4)15-22-17(2)14-25(18(3)16-26)30(27,28)23-11-10-20(13-21(23)29-22)19-8-6-7-9-19/h8,10-11,13,17-18,22,26H,5-7,9,12,14-16H2,1-4H3/t17-,18-,22-/m0/s1. The molecule has 0 amide bonds. The topological polar surface area (TPSA) is 70.1 Å². The van der Waals surface area contributed by atoms with Gasteiger partial charge >= 0.3 is 0 Å². The van der Waals surface area contributed by atoms with Crippen LogP contribution in [0.4, 0.5) is 0 Å².